The van der Waals surface area contributed by atoms with Gasteiger partial charge in [-0.1, -0.05) is 0 Å². The molecule has 116 valence electrons. The Labute approximate surface area is 124 Å². The van der Waals surface area contributed by atoms with E-state index in [1.165, 1.54) is 24.3 Å². The lowest BCUT2D eigenvalue weighted by atomic mass is 10.2. The van der Waals surface area contributed by atoms with Gasteiger partial charge < -0.3 is 15.8 Å². The molecule has 1 aliphatic rings. The Hall–Kier alpha value is -1.25. The van der Waals surface area contributed by atoms with Crippen LogP contribution in [-0.2, 0) is 9.53 Å². The Balaban J connectivity index is 1.90. The van der Waals surface area contributed by atoms with Gasteiger partial charge in [0.2, 0.25) is 0 Å². The molecule has 0 bridgehead atoms. The van der Waals surface area contributed by atoms with Crippen molar-refractivity contribution in [2.45, 2.75) is 35.5 Å². The molecule has 2 unspecified atom stereocenters. The van der Waals surface area contributed by atoms with Crippen LogP contribution in [0.4, 0.5) is 18.9 Å². The van der Waals surface area contributed by atoms with Crippen molar-refractivity contribution in [3.8, 4) is 0 Å². The molecule has 3 N–H and O–H groups in total. The molecule has 2 rings (SSSR count). The Morgan fingerprint density at radius 1 is 1.33 bits per heavy atom. The minimum absolute atomic E-state index is 0.0702. The SMILES string of the molecule is NCC1CCC(C(=O)Nc2ccc(SC(F)(F)F)cc2)O1. The molecule has 1 heterocycles. The first-order valence-electron chi connectivity index (χ1n) is 6.39. The fourth-order valence-corrected chi connectivity index (χ4v) is 2.57. The molecule has 21 heavy (non-hydrogen) atoms. The van der Waals surface area contributed by atoms with Crippen LogP contribution in [0.25, 0.3) is 0 Å². The van der Waals surface area contributed by atoms with Gasteiger partial charge in [-0.15, -0.1) is 0 Å². The molecule has 1 aromatic rings. The van der Waals surface area contributed by atoms with Crippen LogP contribution in [0.2, 0.25) is 0 Å². The van der Waals surface area contributed by atoms with E-state index in [9.17, 15) is 18.0 Å². The number of benzene rings is 1. The van der Waals surface area contributed by atoms with E-state index in [0.29, 0.717) is 18.7 Å². The molecular weight excluding hydrogens is 305 g/mol. The average Bonchev–Trinajstić information content (AvgIpc) is 2.88. The first-order valence-corrected chi connectivity index (χ1v) is 7.21. The van der Waals surface area contributed by atoms with Gasteiger partial charge >= 0.3 is 5.51 Å². The van der Waals surface area contributed by atoms with E-state index in [2.05, 4.69) is 5.32 Å². The Morgan fingerprint density at radius 2 is 2.00 bits per heavy atom. The second kappa shape index (κ2) is 6.67. The number of alkyl halides is 3. The average molecular weight is 320 g/mol. The monoisotopic (exact) mass is 320 g/mol. The minimum Gasteiger partial charge on any atom is -0.364 e. The van der Waals surface area contributed by atoms with Crippen LogP contribution in [0, 0.1) is 0 Å². The van der Waals surface area contributed by atoms with Crippen LogP contribution in [0.3, 0.4) is 0 Å². The van der Waals surface area contributed by atoms with Crippen molar-refractivity contribution in [1.82, 2.24) is 0 Å². The van der Waals surface area contributed by atoms with Crippen LogP contribution in [0.5, 0.6) is 0 Å². The van der Waals surface area contributed by atoms with E-state index in [-0.39, 0.29) is 28.7 Å². The number of hydrogen-bond donors (Lipinski definition) is 2. The summed E-state index contributed by atoms with van der Waals surface area (Å²) in [4.78, 5) is 12.0. The normalized spacial score (nSPS) is 22.3. The molecule has 2 atom stereocenters. The van der Waals surface area contributed by atoms with Crippen molar-refractivity contribution in [2.75, 3.05) is 11.9 Å². The van der Waals surface area contributed by atoms with E-state index in [1.54, 1.807) is 0 Å². The maximum Gasteiger partial charge on any atom is 0.446 e. The number of hydrogen-bond acceptors (Lipinski definition) is 4. The van der Waals surface area contributed by atoms with E-state index in [0.717, 1.165) is 6.42 Å². The second-order valence-corrected chi connectivity index (χ2v) is 5.76. The number of carbonyl (C=O) groups is 1. The number of amides is 1. The molecule has 4 nitrogen and oxygen atoms in total. The van der Waals surface area contributed by atoms with E-state index in [1.807, 2.05) is 0 Å². The number of nitrogens with two attached hydrogens (primary N) is 1. The zero-order valence-corrected chi connectivity index (χ0v) is 11.8. The standard InChI is InChI=1S/C13H15F3N2O2S/c14-13(15,16)21-10-4-1-8(2-5-10)18-12(19)11-6-3-9(7-17)20-11/h1-2,4-5,9,11H,3,6-7,17H2,(H,18,19). The molecule has 0 aliphatic carbocycles. The lowest BCUT2D eigenvalue weighted by Gasteiger charge is -2.13. The summed E-state index contributed by atoms with van der Waals surface area (Å²) in [5, 5.41) is 2.62. The number of halogens is 3. The fraction of sp³-hybridized carbons (Fsp3) is 0.462. The maximum absolute atomic E-state index is 12.2. The van der Waals surface area contributed by atoms with E-state index >= 15 is 0 Å². The van der Waals surface area contributed by atoms with Crippen LogP contribution in [-0.4, -0.2) is 30.2 Å². The van der Waals surface area contributed by atoms with Crippen LogP contribution < -0.4 is 11.1 Å². The van der Waals surface area contributed by atoms with Crippen molar-refractivity contribution >= 4 is 23.4 Å². The van der Waals surface area contributed by atoms with E-state index in [4.69, 9.17) is 10.5 Å². The maximum atomic E-state index is 12.2. The van der Waals surface area contributed by atoms with Gasteiger partial charge in [-0.3, -0.25) is 4.79 Å². The molecule has 0 saturated carbocycles. The zero-order chi connectivity index (χ0) is 15.5. The third kappa shape index (κ3) is 4.90. The van der Waals surface area contributed by atoms with Crippen LogP contribution in [0.15, 0.2) is 29.2 Å². The summed E-state index contributed by atoms with van der Waals surface area (Å²) in [6.45, 7) is 0.368. The summed E-state index contributed by atoms with van der Waals surface area (Å²) in [7, 11) is 0. The molecule has 1 saturated heterocycles. The predicted molar refractivity (Wildman–Crippen MR) is 73.9 cm³/mol. The highest BCUT2D eigenvalue weighted by Crippen LogP contribution is 2.37. The highest BCUT2D eigenvalue weighted by molar-refractivity contribution is 8.00. The molecule has 8 heteroatoms. The van der Waals surface area contributed by atoms with Crippen molar-refractivity contribution in [3.63, 3.8) is 0 Å². The number of thioether (sulfide) groups is 1. The van der Waals surface area contributed by atoms with Crippen molar-refractivity contribution in [3.05, 3.63) is 24.3 Å². The molecule has 1 aromatic carbocycles. The van der Waals surface area contributed by atoms with Crippen molar-refractivity contribution in [1.29, 1.82) is 0 Å². The lowest BCUT2D eigenvalue weighted by Crippen LogP contribution is -2.29. The second-order valence-electron chi connectivity index (χ2n) is 4.62. The Morgan fingerprint density at radius 3 is 2.52 bits per heavy atom. The van der Waals surface area contributed by atoms with E-state index < -0.39 is 11.6 Å². The van der Waals surface area contributed by atoms with Gasteiger partial charge in [0.25, 0.3) is 5.91 Å². The fourth-order valence-electron chi connectivity index (χ4n) is 2.03. The van der Waals surface area contributed by atoms with Gasteiger partial charge in [-0.25, -0.2) is 0 Å². The lowest BCUT2D eigenvalue weighted by molar-refractivity contribution is -0.126. The quantitative estimate of drug-likeness (QED) is 0.837. The largest absolute Gasteiger partial charge is 0.446 e. The smallest absolute Gasteiger partial charge is 0.364 e. The third-order valence-electron chi connectivity index (χ3n) is 3.02. The molecule has 0 radical (unpaired) electrons. The number of rotatable bonds is 4. The summed E-state index contributed by atoms with van der Waals surface area (Å²) >= 11 is -0.194. The Kier molecular flexibility index (Phi) is 5.13. The highest BCUT2D eigenvalue weighted by atomic mass is 32.2. The van der Waals surface area contributed by atoms with Crippen molar-refractivity contribution in [2.24, 2.45) is 5.73 Å². The van der Waals surface area contributed by atoms with Gasteiger partial charge in [0.15, 0.2) is 0 Å². The summed E-state index contributed by atoms with van der Waals surface area (Å²) < 4.78 is 42.0. The zero-order valence-electron chi connectivity index (χ0n) is 11.0. The first kappa shape index (κ1) is 16.1. The molecule has 1 aliphatic heterocycles. The number of carbonyl (C=O) groups excluding carboxylic acids is 1. The minimum atomic E-state index is -4.32. The third-order valence-corrected chi connectivity index (χ3v) is 3.76. The number of nitrogens with one attached hydrogen (secondary N) is 1. The molecule has 0 spiro atoms. The van der Waals surface area contributed by atoms with Gasteiger partial charge in [-0.05, 0) is 48.9 Å². The predicted octanol–water partition coefficient (Wildman–Crippen LogP) is 2.74. The molecular formula is C13H15F3N2O2S. The highest BCUT2D eigenvalue weighted by Gasteiger charge is 2.30. The molecule has 0 aromatic heterocycles. The summed E-state index contributed by atoms with van der Waals surface area (Å²) in [5.74, 6) is -0.304. The summed E-state index contributed by atoms with van der Waals surface area (Å²) in [6, 6.07) is 5.49. The Bertz CT molecular complexity index is 493. The van der Waals surface area contributed by atoms with Crippen molar-refractivity contribution < 1.29 is 22.7 Å². The molecule has 1 fully saturated rings. The number of ether oxygens (including phenoxy) is 1. The van der Waals surface area contributed by atoms with Gasteiger partial charge in [0.05, 0.1) is 6.10 Å². The van der Waals surface area contributed by atoms with Crippen LogP contribution in [0.1, 0.15) is 12.8 Å². The molecule has 1 amide bonds. The van der Waals surface area contributed by atoms with Gasteiger partial charge in [-0.2, -0.15) is 13.2 Å². The number of anilines is 1. The first-order chi connectivity index (χ1) is 9.87. The van der Waals surface area contributed by atoms with Gasteiger partial charge in [0.1, 0.15) is 6.10 Å². The summed E-state index contributed by atoms with van der Waals surface area (Å²) in [6.07, 6.45) is 0.667. The topological polar surface area (TPSA) is 64.4 Å². The summed E-state index contributed by atoms with van der Waals surface area (Å²) in [5.41, 5.74) is 1.58. The van der Waals surface area contributed by atoms with Crippen LogP contribution >= 0.6 is 11.8 Å². The van der Waals surface area contributed by atoms with Gasteiger partial charge in [0, 0.05) is 17.1 Å².